The Bertz CT molecular complexity index is 509. The van der Waals surface area contributed by atoms with Gasteiger partial charge in [-0.3, -0.25) is 0 Å². The minimum atomic E-state index is -1.55. The number of aromatic hydroxyl groups is 1. The minimum Gasteiger partial charge on any atom is -0.543 e. The molecule has 0 fully saturated rings. The lowest BCUT2D eigenvalue weighted by Gasteiger charge is -2.30. The van der Waals surface area contributed by atoms with E-state index in [0.717, 1.165) is 24.0 Å². The second-order valence-corrected chi connectivity index (χ2v) is 7.06. The van der Waals surface area contributed by atoms with Crippen LogP contribution in [0.15, 0.2) is 16.6 Å². The van der Waals surface area contributed by atoms with Gasteiger partial charge in [0.1, 0.15) is 5.75 Å². The van der Waals surface area contributed by atoms with Gasteiger partial charge in [-0.25, -0.2) is 0 Å². The van der Waals surface area contributed by atoms with Crippen LogP contribution in [0.1, 0.15) is 45.2 Å². The van der Waals surface area contributed by atoms with E-state index in [1.165, 1.54) is 0 Å². The molecule has 0 bridgehead atoms. The third-order valence-electron chi connectivity index (χ3n) is 3.25. The Balaban J connectivity index is 2.91. The summed E-state index contributed by atoms with van der Waals surface area (Å²) in [4.78, 5) is 10.6. The normalized spacial score (nSPS) is 11.7. The fourth-order valence-electron chi connectivity index (χ4n) is 2.15. The summed E-state index contributed by atoms with van der Waals surface area (Å²) in [6, 6.07) is 3.77. The first-order valence-electron chi connectivity index (χ1n) is 7.01. The molecule has 0 spiro atoms. The lowest BCUT2D eigenvalue weighted by Crippen LogP contribution is -2.37. The molecule has 0 radical (unpaired) electrons. The van der Waals surface area contributed by atoms with Crippen molar-refractivity contribution in [2.45, 2.75) is 52.6 Å². The minimum absolute atomic E-state index is 0.220. The topological polar surface area (TPSA) is 69.6 Å². The molecule has 0 aliphatic rings. The largest absolute Gasteiger partial charge is 0.543 e. The quantitative estimate of drug-likeness (QED) is 0.791. The number of phenols is 1. The molecule has 1 rings (SSSR count). The van der Waals surface area contributed by atoms with Crippen molar-refractivity contribution in [3.63, 3.8) is 0 Å². The molecule has 0 saturated heterocycles. The summed E-state index contributed by atoms with van der Waals surface area (Å²) < 4.78 is 5.34. The molecular formula is C16H22BrO4-. The monoisotopic (exact) mass is 357 g/mol. The van der Waals surface area contributed by atoms with Crippen LogP contribution >= 0.6 is 15.9 Å². The zero-order valence-corrected chi connectivity index (χ0v) is 14.5. The predicted molar refractivity (Wildman–Crippen MR) is 83.2 cm³/mol. The lowest BCUT2D eigenvalue weighted by molar-refractivity contribution is -0.293. The molecule has 118 valence electrons. The zero-order valence-electron chi connectivity index (χ0n) is 12.9. The van der Waals surface area contributed by atoms with Gasteiger partial charge in [0.05, 0.1) is 4.47 Å². The van der Waals surface area contributed by atoms with E-state index < -0.39 is 11.8 Å². The van der Waals surface area contributed by atoms with Gasteiger partial charge in [-0.05, 0) is 66.1 Å². The Kier molecular flexibility index (Phi) is 6.08. The van der Waals surface area contributed by atoms with Crippen molar-refractivity contribution in [1.29, 1.82) is 0 Å². The summed E-state index contributed by atoms with van der Waals surface area (Å²) in [6.45, 7) is 7.61. The third kappa shape index (κ3) is 5.58. The number of carbonyl (C=O) groups is 1. The van der Waals surface area contributed by atoms with Crippen LogP contribution in [0, 0.1) is 5.92 Å². The average molecular weight is 358 g/mol. The van der Waals surface area contributed by atoms with Gasteiger partial charge in [-0.15, -0.1) is 0 Å². The van der Waals surface area contributed by atoms with Gasteiger partial charge in [-0.1, -0.05) is 26.0 Å². The van der Waals surface area contributed by atoms with E-state index in [9.17, 15) is 15.0 Å². The molecule has 0 amide bonds. The van der Waals surface area contributed by atoms with Gasteiger partial charge in [0.15, 0.2) is 0 Å². The first kappa shape index (κ1) is 17.8. The average Bonchev–Trinajstić information content (AvgIpc) is 2.32. The molecule has 1 aromatic rings. The highest BCUT2D eigenvalue weighted by atomic mass is 79.9. The smallest absolute Gasteiger partial charge is 0.252 e. The molecule has 4 nitrogen and oxygen atoms in total. The van der Waals surface area contributed by atoms with E-state index in [0.29, 0.717) is 16.8 Å². The molecule has 0 unspecified atom stereocenters. The Labute approximate surface area is 134 Å². The number of aryl methyl sites for hydroxylation is 1. The summed E-state index contributed by atoms with van der Waals surface area (Å²) in [5.74, 6) is 0.788. The summed E-state index contributed by atoms with van der Waals surface area (Å²) in [7, 11) is 0. The van der Waals surface area contributed by atoms with Gasteiger partial charge >= 0.3 is 0 Å². The maximum Gasteiger partial charge on any atom is 0.252 e. The van der Waals surface area contributed by atoms with Crippen molar-refractivity contribution in [2.75, 3.05) is 0 Å². The Morgan fingerprint density at radius 1 is 1.38 bits per heavy atom. The van der Waals surface area contributed by atoms with Crippen molar-refractivity contribution >= 4 is 22.1 Å². The fourth-order valence-corrected chi connectivity index (χ4v) is 2.68. The van der Waals surface area contributed by atoms with Gasteiger partial charge < -0.3 is 19.7 Å². The molecule has 21 heavy (non-hydrogen) atoms. The van der Waals surface area contributed by atoms with E-state index in [-0.39, 0.29) is 5.75 Å². The molecule has 0 aromatic heterocycles. The molecule has 0 heterocycles. The van der Waals surface area contributed by atoms with Gasteiger partial charge in [0.2, 0.25) is 0 Å². The maximum atomic E-state index is 10.6. The highest BCUT2D eigenvalue weighted by Crippen LogP contribution is 2.34. The zero-order chi connectivity index (χ0) is 16.2. The number of halogens is 1. The SMILES string of the molecule is CC(C)CCc1ccc(CC(C)(C)OC(=O)[O-])c(Br)c1O. The van der Waals surface area contributed by atoms with Gasteiger partial charge in [0.25, 0.3) is 6.16 Å². The second kappa shape index (κ2) is 7.16. The molecule has 0 aliphatic carbocycles. The second-order valence-electron chi connectivity index (χ2n) is 6.27. The number of ether oxygens (including phenoxy) is 1. The number of rotatable bonds is 6. The van der Waals surface area contributed by atoms with Crippen LogP contribution in [0.4, 0.5) is 4.79 Å². The van der Waals surface area contributed by atoms with Crippen LogP contribution in [0.2, 0.25) is 0 Å². The van der Waals surface area contributed by atoms with Crippen LogP contribution in [0.3, 0.4) is 0 Å². The number of hydrogen-bond acceptors (Lipinski definition) is 4. The van der Waals surface area contributed by atoms with Crippen LogP contribution in [0.25, 0.3) is 0 Å². The Hall–Kier alpha value is -1.23. The molecule has 1 aromatic carbocycles. The van der Waals surface area contributed by atoms with Gasteiger partial charge in [0, 0.05) is 5.60 Å². The van der Waals surface area contributed by atoms with Gasteiger partial charge in [-0.2, -0.15) is 0 Å². The van der Waals surface area contributed by atoms with Crippen LogP contribution in [-0.4, -0.2) is 16.9 Å². The fraction of sp³-hybridized carbons (Fsp3) is 0.562. The van der Waals surface area contributed by atoms with E-state index in [1.54, 1.807) is 13.8 Å². The third-order valence-corrected chi connectivity index (χ3v) is 4.13. The standard InChI is InChI=1S/C16H23BrO4/c1-10(2)5-6-11-7-8-12(13(17)14(11)18)9-16(3,4)21-15(19)20/h7-8,10,18H,5-6,9H2,1-4H3,(H,19,20)/p-1. The van der Waals surface area contributed by atoms with E-state index >= 15 is 0 Å². The highest BCUT2D eigenvalue weighted by Gasteiger charge is 2.20. The molecule has 0 atom stereocenters. The summed E-state index contributed by atoms with van der Waals surface area (Å²) in [5, 5.41) is 20.8. The van der Waals surface area contributed by atoms with Crippen LogP contribution < -0.4 is 5.11 Å². The van der Waals surface area contributed by atoms with Crippen LogP contribution in [-0.2, 0) is 17.6 Å². The predicted octanol–water partition coefficient (Wildman–Crippen LogP) is 3.42. The Morgan fingerprint density at radius 3 is 2.48 bits per heavy atom. The lowest BCUT2D eigenvalue weighted by atomic mass is 9.95. The number of benzene rings is 1. The van der Waals surface area contributed by atoms with Crippen molar-refractivity contribution in [3.05, 3.63) is 27.7 Å². The summed E-state index contributed by atoms with van der Waals surface area (Å²) in [6.07, 6.45) is 0.605. The van der Waals surface area contributed by atoms with Crippen molar-refractivity contribution < 1.29 is 19.7 Å². The van der Waals surface area contributed by atoms with Crippen molar-refractivity contribution in [2.24, 2.45) is 5.92 Å². The summed E-state index contributed by atoms with van der Waals surface area (Å²) >= 11 is 3.39. The molecule has 0 saturated carbocycles. The van der Waals surface area contributed by atoms with Crippen molar-refractivity contribution in [1.82, 2.24) is 0 Å². The highest BCUT2D eigenvalue weighted by molar-refractivity contribution is 9.10. The summed E-state index contributed by atoms with van der Waals surface area (Å²) in [5.41, 5.74) is 0.776. The first-order chi connectivity index (χ1) is 9.62. The van der Waals surface area contributed by atoms with E-state index in [4.69, 9.17) is 4.74 Å². The van der Waals surface area contributed by atoms with Crippen molar-refractivity contribution in [3.8, 4) is 5.75 Å². The number of hydrogen-bond donors (Lipinski definition) is 1. The molecule has 1 N–H and O–H groups in total. The number of phenolic OH excluding ortho intramolecular Hbond substituents is 1. The molecule has 0 aliphatic heterocycles. The molecular weight excluding hydrogens is 336 g/mol. The maximum absolute atomic E-state index is 10.6. The van der Waals surface area contributed by atoms with Crippen LogP contribution in [0.5, 0.6) is 5.75 Å². The number of carboxylic acid groups (broad SMARTS) is 1. The Morgan fingerprint density at radius 2 is 1.95 bits per heavy atom. The van der Waals surface area contributed by atoms with E-state index in [1.807, 2.05) is 12.1 Å². The van der Waals surface area contributed by atoms with E-state index in [2.05, 4.69) is 29.8 Å². The molecule has 5 heteroatoms. The number of carbonyl (C=O) groups excluding carboxylic acids is 1. The first-order valence-corrected chi connectivity index (χ1v) is 7.81.